The highest BCUT2D eigenvalue weighted by Gasteiger charge is 2.24. The summed E-state index contributed by atoms with van der Waals surface area (Å²) in [6, 6.07) is 7.34. The number of anilines is 3. The molecule has 1 saturated heterocycles. The second-order valence-electron chi connectivity index (χ2n) is 12.0. The molecule has 1 aliphatic heterocycles. The van der Waals surface area contributed by atoms with Crippen LogP contribution in [0.5, 0.6) is 0 Å². The number of aromatic nitrogens is 4. The zero-order valence-corrected chi connectivity index (χ0v) is 25.5. The average Bonchev–Trinajstić information content (AvgIpc) is 3.64. The molecule has 39 heavy (non-hydrogen) atoms. The summed E-state index contributed by atoms with van der Waals surface area (Å²) in [5.41, 5.74) is 2.86. The van der Waals surface area contributed by atoms with Gasteiger partial charge in [-0.15, -0.1) is 10.2 Å². The van der Waals surface area contributed by atoms with Crippen LogP contribution < -0.4 is 9.80 Å². The van der Waals surface area contributed by atoms with Crippen LogP contribution in [-0.2, 0) is 4.74 Å². The number of rotatable bonds is 12. The minimum absolute atomic E-state index is 0.252. The summed E-state index contributed by atoms with van der Waals surface area (Å²) in [6.45, 7) is 13.4. The van der Waals surface area contributed by atoms with Gasteiger partial charge in [0.1, 0.15) is 17.6 Å². The number of ether oxygens (including phenoxy) is 1. The molecule has 1 saturated carbocycles. The molecule has 11 heteroatoms. The van der Waals surface area contributed by atoms with Gasteiger partial charge in [0, 0.05) is 59.9 Å². The lowest BCUT2D eigenvalue weighted by Crippen LogP contribution is -2.46. The Bertz CT molecular complexity index is 1210. The number of pyridine rings is 2. The Labute approximate surface area is 237 Å². The van der Waals surface area contributed by atoms with Gasteiger partial charge in [-0.1, -0.05) is 43.8 Å². The van der Waals surface area contributed by atoms with Crippen molar-refractivity contribution in [1.29, 1.82) is 0 Å². The topological polar surface area (TPSA) is 90.7 Å². The van der Waals surface area contributed by atoms with E-state index in [0.29, 0.717) is 12.6 Å². The minimum atomic E-state index is -1.18. The number of nitrogens with zero attached hydrogens (tertiary/aromatic N) is 7. The molecule has 0 radical (unpaired) electrons. The van der Waals surface area contributed by atoms with E-state index in [0.717, 1.165) is 84.5 Å². The summed E-state index contributed by atoms with van der Waals surface area (Å²) in [5.74, 6) is 1.35. The lowest BCUT2D eigenvalue weighted by molar-refractivity contribution is 0.153. The van der Waals surface area contributed by atoms with Crippen LogP contribution in [0.2, 0.25) is 25.7 Å². The summed E-state index contributed by atoms with van der Waals surface area (Å²) in [7, 11) is -1.18. The van der Waals surface area contributed by atoms with Crippen molar-refractivity contribution in [3.8, 4) is 0 Å². The quantitative estimate of drug-likeness (QED) is 0.182. The fourth-order valence-corrected chi connectivity index (χ4v) is 7.03. The Morgan fingerprint density at radius 3 is 2.62 bits per heavy atom. The van der Waals surface area contributed by atoms with Crippen LogP contribution in [0.1, 0.15) is 43.0 Å². The van der Waals surface area contributed by atoms with Gasteiger partial charge in [0.2, 0.25) is 5.13 Å². The molecule has 4 heterocycles. The SMILES string of the molecule is C[Si](C)(C)CCOCN(c1ccc2ncc(N3CCN(CCCO)CC3)cc2n1)c1nnc(C2CCCC2)s1. The molecule has 9 nitrogen and oxygen atoms in total. The zero-order valence-electron chi connectivity index (χ0n) is 23.7. The summed E-state index contributed by atoms with van der Waals surface area (Å²) in [5, 5.41) is 20.3. The van der Waals surface area contributed by atoms with Crippen molar-refractivity contribution in [2.45, 2.75) is 63.7 Å². The van der Waals surface area contributed by atoms with E-state index in [1.165, 1.54) is 25.7 Å². The van der Waals surface area contributed by atoms with Crippen molar-refractivity contribution in [1.82, 2.24) is 25.1 Å². The molecule has 5 rings (SSSR count). The Hall–Kier alpha value is -2.18. The molecule has 0 amide bonds. The standard InChI is InChI=1S/C28H43N7O2SSi/c1-39(2,3)18-17-37-21-35(28-32-31-27(38-28)22-7-4-5-8-22)26-10-9-24-25(30-26)19-23(20-29-24)34-14-12-33(13-15-34)11-6-16-36/h9-10,19-20,22,36H,4-8,11-18,21H2,1-3H3. The maximum atomic E-state index is 9.14. The largest absolute Gasteiger partial charge is 0.396 e. The molecule has 0 spiro atoms. The zero-order chi connectivity index (χ0) is 27.2. The number of aliphatic hydroxyl groups excluding tert-OH is 1. The molecule has 0 aromatic carbocycles. The van der Waals surface area contributed by atoms with Crippen molar-refractivity contribution < 1.29 is 9.84 Å². The Kier molecular flexibility index (Phi) is 9.44. The highest BCUT2D eigenvalue weighted by Crippen LogP contribution is 2.38. The summed E-state index contributed by atoms with van der Waals surface area (Å²) >= 11 is 1.68. The fraction of sp³-hybridized carbons (Fsp3) is 0.643. The van der Waals surface area contributed by atoms with Crippen LogP contribution in [0.15, 0.2) is 24.4 Å². The van der Waals surface area contributed by atoms with Gasteiger partial charge in [0.25, 0.3) is 0 Å². The van der Waals surface area contributed by atoms with Crippen molar-refractivity contribution in [2.75, 3.05) is 62.5 Å². The predicted molar refractivity (Wildman–Crippen MR) is 162 cm³/mol. The van der Waals surface area contributed by atoms with Crippen molar-refractivity contribution in [2.24, 2.45) is 0 Å². The third kappa shape index (κ3) is 7.52. The maximum Gasteiger partial charge on any atom is 0.215 e. The van der Waals surface area contributed by atoms with Gasteiger partial charge >= 0.3 is 0 Å². The van der Waals surface area contributed by atoms with Crippen LogP contribution in [0.4, 0.5) is 16.6 Å². The van der Waals surface area contributed by atoms with Crippen LogP contribution >= 0.6 is 11.3 Å². The monoisotopic (exact) mass is 569 g/mol. The molecule has 3 aromatic heterocycles. The van der Waals surface area contributed by atoms with Gasteiger partial charge in [-0.05, 0) is 43.5 Å². The third-order valence-electron chi connectivity index (χ3n) is 7.74. The van der Waals surface area contributed by atoms with E-state index in [-0.39, 0.29) is 6.61 Å². The van der Waals surface area contributed by atoms with Gasteiger partial charge < -0.3 is 14.7 Å². The normalized spacial score (nSPS) is 17.4. The highest BCUT2D eigenvalue weighted by molar-refractivity contribution is 7.15. The average molecular weight is 570 g/mol. The maximum absolute atomic E-state index is 9.14. The molecule has 2 aliphatic rings. The third-order valence-corrected chi connectivity index (χ3v) is 10.5. The summed E-state index contributed by atoms with van der Waals surface area (Å²) in [4.78, 5) is 16.7. The highest BCUT2D eigenvalue weighted by atomic mass is 32.1. The molecule has 0 atom stereocenters. The molecule has 1 aliphatic carbocycles. The van der Waals surface area contributed by atoms with Crippen molar-refractivity contribution >= 4 is 47.1 Å². The van der Waals surface area contributed by atoms with Gasteiger partial charge in [-0.2, -0.15) is 0 Å². The van der Waals surface area contributed by atoms with Crippen LogP contribution in [-0.4, -0.2) is 90.9 Å². The lowest BCUT2D eigenvalue weighted by atomic mass is 10.1. The molecule has 212 valence electrons. The van der Waals surface area contributed by atoms with Gasteiger partial charge in [0.15, 0.2) is 0 Å². The minimum Gasteiger partial charge on any atom is -0.396 e. The predicted octanol–water partition coefficient (Wildman–Crippen LogP) is 5.09. The molecule has 1 N–H and O–H groups in total. The van der Waals surface area contributed by atoms with Gasteiger partial charge in [0.05, 0.1) is 22.9 Å². The molecule has 2 fully saturated rings. The Morgan fingerprint density at radius 1 is 1.08 bits per heavy atom. The molecule has 0 bridgehead atoms. The van der Waals surface area contributed by atoms with E-state index in [1.54, 1.807) is 11.3 Å². The first-order chi connectivity index (χ1) is 18.9. The van der Waals surface area contributed by atoms with E-state index in [2.05, 4.69) is 50.6 Å². The molecular weight excluding hydrogens is 527 g/mol. The summed E-state index contributed by atoms with van der Waals surface area (Å²) in [6.07, 6.45) is 7.77. The van der Waals surface area contributed by atoms with Gasteiger partial charge in [-0.3, -0.25) is 14.8 Å². The molecule has 0 unspecified atom stereocenters. The second kappa shape index (κ2) is 13.0. The number of hydrogen-bond acceptors (Lipinski definition) is 10. The number of hydrogen-bond donors (Lipinski definition) is 1. The first-order valence-corrected chi connectivity index (χ1v) is 19.0. The lowest BCUT2D eigenvalue weighted by Gasteiger charge is -2.35. The van der Waals surface area contributed by atoms with Crippen molar-refractivity contribution in [3.05, 3.63) is 29.4 Å². The first-order valence-electron chi connectivity index (χ1n) is 14.4. The molecule has 3 aromatic rings. The fourth-order valence-electron chi connectivity index (χ4n) is 5.26. The second-order valence-corrected chi connectivity index (χ2v) is 18.6. The van der Waals surface area contributed by atoms with Crippen molar-refractivity contribution in [3.63, 3.8) is 0 Å². The molecular formula is C28H43N7O2SSi. The Morgan fingerprint density at radius 2 is 1.87 bits per heavy atom. The van der Waals surface area contributed by atoms with E-state index in [9.17, 15) is 0 Å². The van der Waals surface area contributed by atoms with E-state index < -0.39 is 8.07 Å². The van der Waals surface area contributed by atoms with Crippen LogP contribution in [0, 0.1) is 0 Å². The number of piperazine rings is 1. The summed E-state index contributed by atoms with van der Waals surface area (Å²) < 4.78 is 6.20. The number of fused-ring (bicyclic) bond motifs is 1. The smallest absolute Gasteiger partial charge is 0.215 e. The van der Waals surface area contributed by atoms with E-state index in [1.807, 2.05) is 18.3 Å². The van der Waals surface area contributed by atoms with Gasteiger partial charge in [-0.25, -0.2) is 4.98 Å². The Balaban J connectivity index is 1.35. The van der Waals surface area contributed by atoms with E-state index >= 15 is 0 Å². The van der Waals surface area contributed by atoms with Crippen LogP contribution in [0.3, 0.4) is 0 Å². The number of aliphatic hydroxyl groups is 1. The van der Waals surface area contributed by atoms with Crippen LogP contribution in [0.25, 0.3) is 11.0 Å². The first kappa shape index (κ1) is 28.3. The van der Waals surface area contributed by atoms with E-state index in [4.69, 9.17) is 19.8 Å².